The highest BCUT2D eigenvalue weighted by molar-refractivity contribution is 5.79. The highest BCUT2D eigenvalue weighted by Crippen LogP contribution is 2.29. The van der Waals surface area contributed by atoms with E-state index in [-0.39, 0.29) is 6.42 Å². The summed E-state index contributed by atoms with van der Waals surface area (Å²) in [5, 5.41) is 0.363. The minimum absolute atomic E-state index is 0.320. The summed E-state index contributed by atoms with van der Waals surface area (Å²) >= 11 is 0. The van der Waals surface area contributed by atoms with Crippen molar-refractivity contribution < 1.29 is 41.1 Å². The van der Waals surface area contributed by atoms with E-state index in [4.69, 9.17) is 0 Å². The molecule has 1 rings (SSSR count). The van der Waals surface area contributed by atoms with Crippen LogP contribution in [0.1, 0.15) is 13.3 Å². The van der Waals surface area contributed by atoms with Crippen molar-refractivity contribution in [1.29, 1.82) is 0 Å². The summed E-state index contributed by atoms with van der Waals surface area (Å²) in [5.74, 6) is -14.9. The Bertz CT molecular complexity index is 713. The number of carbonyl (C=O) groups is 3. The lowest BCUT2D eigenvalue weighted by molar-refractivity contribution is -0.130. The summed E-state index contributed by atoms with van der Waals surface area (Å²) < 4.78 is 70.5. The van der Waals surface area contributed by atoms with Gasteiger partial charge in [-0.1, -0.05) is 0 Å². The zero-order chi connectivity index (χ0) is 20.2. The molecule has 12 heteroatoms. The fourth-order valence-electron chi connectivity index (χ4n) is 1.63. The predicted octanol–water partition coefficient (Wildman–Crippen LogP) is 1.71. The number of hydrazine groups is 1. The van der Waals surface area contributed by atoms with Crippen LogP contribution in [0.5, 0.6) is 5.75 Å². The molecule has 0 aliphatic heterocycles. The van der Waals surface area contributed by atoms with Gasteiger partial charge in [-0.3, -0.25) is 15.0 Å². The fraction of sp³-hybridized carbons (Fsp3) is 0.357. The number of hydrogen-bond acceptors (Lipinski definition) is 4. The van der Waals surface area contributed by atoms with E-state index in [0.717, 1.165) is 6.92 Å². The van der Waals surface area contributed by atoms with Crippen molar-refractivity contribution >= 4 is 17.9 Å². The Labute approximate surface area is 144 Å². The lowest BCUT2D eigenvalue weighted by Gasteiger charge is -2.22. The Kier molecular flexibility index (Phi) is 6.86. The van der Waals surface area contributed by atoms with Gasteiger partial charge >= 0.3 is 6.09 Å². The molecular formula is C14H14F5N3O4. The molecule has 0 aliphatic carbocycles. The average Bonchev–Trinajstić information content (AvgIpc) is 2.57. The molecule has 0 saturated carbocycles. The van der Waals surface area contributed by atoms with Crippen molar-refractivity contribution in [2.24, 2.45) is 0 Å². The zero-order valence-electron chi connectivity index (χ0n) is 13.8. The molecule has 1 aromatic rings. The van der Waals surface area contributed by atoms with E-state index < -0.39 is 59.3 Å². The van der Waals surface area contributed by atoms with E-state index in [1.165, 1.54) is 19.0 Å². The van der Waals surface area contributed by atoms with Crippen molar-refractivity contribution in [2.45, 2.75) is 13.3 Å². The topological polar surface area (TPSA) is 79.0 Å². The monoisotopic (exact) mass is 383 g/mol. The Morgan fingerprint density at radius 3 is 1.81 bits per heavy atom. The lowest BCUT2D eigenvalue weighted by atomic mass is 10.2. The van der Waals surface area contributed by atoms with E-state index in [9.17, 15) is 36.3 Å². The summed E-state index contributed by atoms with van der Waals surface area (Å²) in [6.45, 7) is 0.497. The van der Waals surface area contributed by atoms with Gasteiger partial charge in [-0.2, -0.15) is 8.78 Å². The third kappa shape index (κ3) is 4.80. The first-order valence-corrected chi connectivity index (χ1v) is 6.95. The summed E-state index contributed by atoms with van der Waals surface area (Å²) in [5.41, 5.74) is 1.92. The largest absolute Gasteiger partial charge is 0.434 e. The molecule has 0 heterocycles. The van der Waals surface area contributed by atoms with Crippen LogP contribution < -0.4 is 10.2 Å². The van der Waals surface area contributed by atoms with Crippen LogP contribution in [0.25, 0.3) is 0 Å². The minimum atomic E-state index is -2.42. The van der Waals surface area contributed by atoms with Crippen molar-refractivity contribution in [2.75, 3.05) is 20.6 Å². The van der Waals surface area contributed by atoms with E-state index >= 15 is 0 Å². The lowest BCUT2D eigenvalue weighted by Crippen LogP contribution is -2.48. The highest BCUT2D eigenvalue weighted by atomic mass is 19.2. The van der Waals surface area contributed by atoms with Crippen LogP contribution in [0.4, 0.5) is 26.7 Å². The van der Waals surface area contributed by atoms with Gasteiger partial charge in [-0.15, -0.1) is 0 Å². The van der Waals surface area contributed by atoms with Gasteiger partial charge in [0.25, 0.3) is 0 Å². The normalized spacial score (nSPS) is 10.3. The van der Waals surface area contributed by atoms with Gasteiger partial charge in [0.1, 0.15) is 0 Å². The van der Waals surface area contributed by atoms with Crippen LogP contribution in [0.2, 0.25) is 0 Å². The fourth-order valence-corrected chi connectivity index (χ4v) is 1.63. The first-order valence-electron chi connectivity index (χ1n) is 6.95. The molecule has 0 spiro atoms. The molecule has 0 aliphatic rings. The summed E-state index contributed by atoms with van der Waals surface area (Å²) in [6, 6.07) is 0. The molecule has 0 atom stereocenters. The number of carbonyl (C=O) groups excluding carboxylic acids is 3. The molecular weight excluding hydrogens is 369 g/mol. The number of rotatable bonds is 4. The predicted molar refractivity (Wildman–Crippen MR) is 76.1 cm³/mol. The van der Waals surface area contributed by atoms with E-state index in [0.29, 0.717) is 5.01 Å². The van der Waals surface area contributed by atoms with Crippen LogP contribution in [0.3, 0.4) is 0 Å². The molecule has 0 saturated heterocycles. The van der Waals surface area contributed by atoms with Crippen molar-refractivity contribution in [3.8, 4) is 5.75 Å². The first-order chi connectivity index (χ1) is 12.0. The maximum Gasteiger partial charge on any atom is 0.434 e. The van der Waals surface area contributed by atoms with Gasteiger partial charge in [0, 0.05) is 27.4 Å². The van der Waals surface area contributed by atoms with Crippen LogP contribution in [0, 0.1) is 29.1 Å². The van der Waals surface area contributed by atoms with Gasteiger partial charge in [0.05, 0.1) is 6.54 Å². The third-order valence-corrected chi connectivity index (χ3v) is 2.92. The average molecular weight is 383 g/mol. The van der Waals surface area contributed by atoms with Crippen LogP contribution in [-0.4, -0.2) is 48.5 Å². The van der Waals surface area contributed by atoms with Crippen molar-refractivity contribution in [3.05, 3.63) is 29.1 Å². The standard InChI is InChI=1S/C14H14F5N3O4/c1-6(23)20-22(5-4-7(24)21(2)3)14(25)26-13-11(18)9(16)8(15)10(17)12(13)19/h4-5H2,1-3H3,(H,20,23). The second kappa shape index (κ2) is 8.45. The van der Waals surface area contributed by atoms with Gasteiger partial charge < -0.3 is 9.64 Å². The maximum absolute atomic E-state index is 13.5. The molecule has 3 amide bonds. The maximum atomic E-state index is 13.5. The molecule has 144 valence electrons. The molecule has 7 nitrogen and oxygen atoms in total. The molecule has 26 heavy (non-hydrogen) atoms. The number of ether oxygens (including phenoxy) is 1. The Morgan fingerprint density at radius 1 is 0.923 bits per heavy atom. The second-order valence-corrected chi connectivity index (χ2v) is 5.12. The van der Waals surface area contributed by atoms with Gasteiger partial charge in [0.15, 0.2) is 0 Å². The molecule has 1 N–H and O–H groups in total. The number of amides is 3. The summed E-state index contributed by atoms with van der Waals surface area (Å²) in [4.78, 5) is 35.7. The number of benzene rings is 1. The SMILES string of the molecule is CC(=O)NN(CCC(=O)N(C)C)C(=O)Oc1c(F)c(F)c(F)c(F)c1F. The third-order valence-electron chi connectivity index (χ3n) is 2.92. The minimum Gasteiger partial charge on any atom is -0.402 e. The second-order valence-electron chi connectivity index (χ2n) is 5.12. The highest BCUT2D eigenvalue weighted by Gasteiger charge is 2.30. The van der Waals surface area contributed by atoms with Gasteiger partial charge in [-0.05, 0) is 0 Å². The van der Waals surface area contributed by atoms with E-state index in [2.05, 4.69) is 4.74 Å². The van der Waals surface area contributed by atoms with Gasteiger partial charge in [0.2, 0.25) is 46.6 Å². The first kappa shape index (κ1) is 21.1. The molecule has 0 bridgehead atoms. The molecule has 0 fully saturated rings. The van der Waals surface area contributed by atoms with Crippen LogP contribution in [-0.2, 0) is 9.59 Å². The van der Waals surface area contributed by atoms with Crippen LogP contribution in [0.15, 0.2) is 0 Å². The number of hydrogen-bond donors (Lipinski definition) is 1. The quantitative estimate of drug-likeness (QED) is 0.372. The van der Waals surface area contributed by atoms with Gasteiger partial charge in [-0.25, -0.2) is 23.0 Å². The number of nitrogens with one attached hydrogen (secondary N) is 1. The van der Waals surface area contributed by atoms with Crippen LogP contribution >= 0.6 is 0 Å². The zero-order valence-corrected chi connectivity index (χ0v) is 13.8. The Balaban J connectivity index is 3.07. The van der Waals surface area contributed by atoms with Crippen molar-refractivity contribution in [1.82, 2.24) is 15.3 Å². The smallest absolute Gasteiger partial charge is 0.402 e. The Morgan fingerprint density at radius 2 is 1.38 bits per heavy atom. The van der Waals surface area contributed by atoms with Crippen molar-refractivity contribution in [3.63, 3.8) is 0 Å². The molecule has 0 unspecified atom stereocenters. The van der Waals surface area contributed by atoms with E-state index in [1.54, 1.807) is 0 Å². The Hall–Kier alpha value is -2.92. The summed E-state index contributed by atoms with van der Waals surface area (Å²) in [6.07, 6.45) is -1.98. The molecule has 0 radical (unpaired) electrons. The molecule has 0 aromatic heterocycles. The molecule has 1 aromatic carbocycles. The summed E-state index contributed by atoms with van der Waals surface area (Å²) in [7, 11) is 2.83. The number of nitrogens with zero attached hydrogens (tertiary/aromatic N) is 2. The number of halogens is 5. The van der Waals surface area contributed by atoms with E-state index in [1.807, 2.05) is 5.43 Å².